The van der Waals surface area contributed by atoms with Gasteiger partial charge in [0.1, 0.15) is 11.7 Å². The normalized spacial score (nSPS) is 19.6. The minimum Gasteiger partial charge on any atom is -0.371 e. The van der Waals surface area contributed by atoms with E-state index in [-0.39, 0.29) is 0 Å². The van der Waals surface area contributed by atoms with Gasteiger partial charge in [-0.25, -0.2) is 4.98 Å². The Bertz CT molecular complexity index is 623. The highest BCUT2D eigenvalue weighted by atomic mass is 15.1. The first kappa shape index (κ1) is 12.0. The molecule has 3 rings (SSSR count). The van der Waals surface area contributed by atoms with Gasteiger partial charge in [0, 0.05) is 25.5 Å². The van der Waals surface area contributed by atoms with Crippen LogP contribution in [0.3, 0.4) is 0 Å². The maximum absolute atomic E-state index is 9.23. The number of piperidine rings is 1. The molecule has 1 aliphatic rings. The number of nitrogens with one attached hydrogen (secondary N) is 1. The van der Waals surface area contributed by atoms with Crippen LogP contribution in [0.1, 0.15) is 31.7 Å². The number of nitrogens with zero attached hydrogens (tertiary/aromatic N) is 3. The molecule has 0 saturated carbocycles. The van der Waals surface area contributed by atoms with Crippen LogP contribution in [0.4, 0.5) is 5.69 Å². The maximum atomic E-state index is 9.23. The standard InChI is InChI=1S/C15H18N4/c1-2-11-4-3-7-19(10-11)13-5-6-17-15-14(13)12(8-16)9-18-15/h5-6,9,11H,2-4,7,10H2,1H3,(H,17,18)/t11-/m0/s1. The van der Waals surface area contributed by atoms with Crippen LogP contribution in [0, 0.1) is 17.2 Å². The smallest absolute Gasteiger partial charge is 0.140 e. The van der Waals surface area contributed by atoms with Gasteiger partial charge < -0.3 is 9.88 Å². The third-order valence-corrected chi connectivity index (χ3v) is 4.11. The summed E-state index contributed by atoms with van der Waals surface area (Å²) in [5, 5.41) is 10.2. The molecule has 3 heterocycles. The maximum Gasteiger partial charge on any atom is 0.140 e. The highest BCUT2D eigenvalue weighted by Gasteiger charge is 2.21. The van der Waals surface area contributed by atoms with Crippen molar-refractivity contribution in [3.63, 3.8) is 0 Å². The quantitative estimate of drug-likeness (QED) is 0.896. The minimum absolute atomic E-state index is 0.691. The fourth-order valence-corrected chi connectivity index (χ4v) is 3.01. The lowest BCUT2D eigenvalue weighted by molar-refractivity contribution is 0.405. The number of hydrogen-bond acceptors (Lipinski definition) is 3. The van der Waals surface area contributed by atoms with Crippen molar-refractivity contribution in [2.24, 2.45) is 5.92 Å². The summed E-state index contributed by atoms with van der Waals surface area (Å²) >= 11 is 0. The molecule has 0 bridgehead atoms. The molecule has 1 saturated heterocycles. The van der Waals surface area contributed by atoms with Gasteiger partial charge in [0.25, 0.3) is 0 Å². The Morgan fingerprint density at radius 3 is 3.26 bits per heavy atom. The van der Waals surface area contributed by atoms with E-state index in [0.717, 1.165) is 35.7 Å². The number of rotatable bonds is 2. The molecule has 0 unspecified atom stereocenters. The molecule has 0 spiro atoms. The number of pyridine rings is 1. The molecular formula is C15H18N4. The van der Waals surface area contributed by atoms with Gasteiger partial charge in [-0.05, 0) is 24.8 Å². The summed E-state index contributed by atoms with van der Waals surface area (Å²) in [6, 6.07) is 4.29. The fraction of sp³-hybridized carbons (Fsp3) is 0.467. The Morgan fingerprint density at radius 2 is 2.47 bits per heavy atom. The SMILES string of the molecule is CC[C@H]1CCCN(c2ccnc3[nH]cc(C#N)c23)C1. The predicted octanol–water partition coefficient (Wildman–Crippen LogP) is 3.06. The van der Waals surface area contributed by atoms with Gasteiger partial charge in [0.05, 0.1) is 16.6 Å². The summed E-state index contributed by atoms with van der Waals surface area (Å²) in [4.78, 5) is 9.81. The highest BCUT2D eigenvalue weighted by Crippen LogP contribution is 2.31. The first-order valence-electron chi connectivity index (χ1n) is 6.94. The van der Waals surface area contributed by atoms with Crippen LogP contribution in [0.25, 0.3) is 11.0 Å². The summed E-state index contributed by atoms with van der Waals surface area (Å²) in [6.45, 7) is 4.42. The van der Waals surface area contributed by atoms with Gasteiger partial charge in [0.15, 0.2) is 0 Å². The van der Waals surface area contributed by atoms with Gasteiger partial charge in [-0.1, -0.05) is 13.3 Å². The Balaban J connectivity index is 2.04. The zero-order valence-electron chi connectivity index (χ0n) is 11.2. The largest absolute Gasteiger partial charge is 0.371 e. The van der Waals surface area contributed by atoms with Gasteiger partial charge in [0.2, 0.25) is 0 Å². The van der Waals surface area contributed by atoms with Crippen molar-refractivity contribution in [2.75, 3.05) is 18.0 Å². The number of aromatic nitrogens is 2. The summed E-state index contributed by atoms with van der Waals surface area (Å²) in [7, 11) is 0. The molecule has 4 nitrogen and oxygen atoms in total. The lowest BCUT2D eigenvalue weighted by Gasteiger charge is -2.34. The first-order valence-corrected chi connectivity index (χ1v) is 6.94. The fourth-order valence-electron chi connectivity index (χ4n) is 3.01. The molecule has 19 heavy (non-hydrogen) atoms. The van der Waals surface area contributed by atoms with E-state index >= 15 is 0 Å². The van der Waals surface area contributed by atoms with Crippen LogP contribution in [0.5, 0.6) is 0 Å². The second-order valence-electron chi connectivity index (χ2n) is 5.23. The lowest BCUT2D eigenvalue weighted by atomic mass is 9.95. The third-order valence-electron chi connectivity index (χ3n) is 4.11. The van der Waals surface area contributed by atoms with E-state index in [1.165, 1.54) is 19.3 Å². The Morgan fingerprint density at radius 1 is 1.58 bits per heavy atom. The zero-order chi connectivity index (χ0) is 13.2. The van der Waals surface area contributed by atoms with Crippen molar-refractivity contribution >= 4 is 16.7 Å². The van der Waals surface area contributed by atoms with Crippen LogP contribution in [-0.4, -0.2) is 23.1 Å². The average Bonchev–Trinajstić information content (AvgIpc) is 2.90. The summed E-state index contributed by atoms with van der Waals surface area (Å²) in [6.07, 6.45) is 7.35. The van der Waals surface area contributed by atoms with Crippen molar-refractivity contribution in [2.45, 2.75) is 26.2 Å². The van der Waals surface area contributed by atoms with E-state index in [9.17, 15) is 5.26 Å². The molecular weight excluding hydrogens is 236 g/mol. The molecule has 4 heteroatoms. The van der Waals surface area contributed by atoms with Crippen LogP contribution < -0.4 is 4.90 Å². The number of anilines is 1. The number of fused-ring (bicyclic) bond motifs is 1. The number of aromatic amines is 1. The summed E-state index contributed by atoms with van der Waals surface area (Å²) in [5.74, 6) is 0.765. The molecule has 0 aromatic carbocycles. The molecule has 1 aliphatic heterocycles. The van der Waals surface area contributed by atoms with Crippen LogP contribution in [-0.2, 0) is 0 Å². The molecule has 1 fully saturated rings. The van der Waals surface area contributed by atoms with Crippen molar-refractivity contribution in [1.29, 1.82) is 5.26 Å². The minimum atomic E-state index is 0.691. The van der Waals surface area contributed by atoms with E-state index in [2.05, 4.69) is 27.9 Å². The number of H-pyrrole nitrogens is 1. The average molecular weight is 254 g/mol. The van der Waals surface area contributed by atoms with E-state index in [1.807, 2.05) is 12.3 Å². The molecule has 2 aromatic heterocycles. The Labute approximate surface area is 113 Å². The van der Waals surface area contributed by atoms with E-state index in [1.54, 1.807) is 6.20 Å². The van der Waals surface area contributed by atoms with Crippen molar-refractivity contribution in [1.82, 2.24) is 9.97 Å². The van der Waals surface area contributed by atoms with E-state index in [4.69, 9.17) is 0 Å². The first-order chi connectivity index (χ1) is 9.33. The molecule has 0 radical (unpaired) electrons. The van der Waals surface area contributed by atoms with Gasteiger partial charge in [-0.2, -0.15) is 5.26 Å². The third kappa shape index (κ3) is 2.06. The van der Waals surface area contributed by atoms with E-state index in [0.29, 0.717) is 5.56 Å². The zero-order valence-corrected chi connectivity index (χ0v) is 11.2. The van der Waals surface area contributed by atoms with E-state index < -0.39 is 0 Å². The summed E-state index contributed by atoms with van der Waals surface area (Å²) < 4.78 is 0. The summed E-state index contributed by atoms with van der Waals surface area (Å²) in [5.41, 5.74) is 2.66. The lowest BCUT2D eigenvalue weighted by Crippen LogP contribution is -2.35. The molecule has 2 aromatic rings. The second kappa shape index (κ2) is 4.93. The number of nitriles is 1. The van der Waals surface area contributed by atoms with Crippen LogP contribution >= 0.6 is 0 Å². The molecule has 98 valence electrons. The predicted molar refractivity (Wildman–Crippen MR) is 76.0 cm³/mol. The molecule has 0 amide bonds. The van der Waals surface area contributed by atoms with Crippen molar-refractivity contribution in [3.05, 3.63) is 24.0 Å². The molecule has 1 N–H and O–H groups in total. The van der Waals surface area contributed by atoms with Crippen LogP contribution in [0.2, 0.25) is 0 Å². The van der Waals surface area contributed by atoms with Gasteiger partial charge >= 0.3 is 0 Å². The molecule has 1 atom stereocenters. The molecule has 0 aliphatic carbocycles. The van der Waals surface area contributed by atoms with Crippen LogP contribution in [0.15, 0.2) is 18.5 Å². The topological polar surface area (TPSA) is 55.7 Å². The van der Waals surface area contributed by atoms with Crippen molar-refractivity contribution in [3.8, 4) is 6.07 Å². The Kier molecular flexibility index (Phi) is 3.12. The Hall–Kier alpha value is -2.02. The van der Waals surface area contributed by atoms with Gasteiger partial charge in [-0.15, -0.1) is 0 Å². The van der Waals surface area contributed by atoms with Gasteiger partial charge in [-0.3, -0.25) is 0 Å². The number of hydrogen-bond donors (Lipinski definition) is 1. The second-order valence-corrected chi connectivity index (χ2v) is 5.23. The highest BCUT2D eigenvalue weighted by molar-refractivity contribution is 5.94. The van der Waals surface area contributed by atoms with Crippen molar-refractivity contribution < 1.29 is 0 Å². The monoisotopic (exact) mass is 254 g/mol.